The van der Waals surface area contributed by atoms with E-state index in [4.69, 9.17) is 16.4 Å². The van der Waals surface area contributed by atoms with Crippen molar-refractivity contribution < 1.29 is 14.7 Å². The molecule has 15 heavy (non-hydrogen) atoms. The minimum Gasteiger partial charge on any atom is -0.546 e. The van der Waals surface area contributed by atoms with E-state index in [9.17, 15) is 9.90 Å². The number of oxime groups is 1. The van der Waals surface area contributed by atoms with Gasteiger partial charge in [-0.25, -0.2) is 0 Å². The van der Waals surface area contributed by atoms with Gasteiger partial charge in [0.15, 0.2) is 6.10 Å². The highest BCUT2D eigenvalue weighted by atomic mass is 35.5. The molecule has 0 bridgehead atoms. The van der Waals surface area contributed by atoms with Crippen LogP contribution in [0.1, 0.15) is 12.0 Å². The molecule has 1 aromatic carbocycles. The maximum Gasteiger partial charge on any atom is 0.172 e. The van der Waals surface area contributed by atoms with Gasteiger partial charge in [0.05, 0.1) is 11.7 Å². The monoisotopic (exact) mass is 224 g/mol. The number of carbonyl (C=O) groups is 1. The molecule has 0 N–H and O–H groups in total. The molecular weight excluding hydrogens is 218 g/mol. The number of rotatable bonds is 2. The maximum absolute atomic E-state index is 10.5. The number of benzene rings is 1. The number of hydrogen-bond donors (Lipinski definition) is 0. The molecule has 0 spiro atoms. The number of halogens is 1. The predicted molar refractivity (Wildman–Crippen MR) is 52.5 cm³/mol. The molecule has 0 radical (unpaired) electrons. The fourth-order valence-electron chi connectivity index (χ4n) is 1.36. The molecule has 1 atom stereocenters. The molecule has 0 aliphatic carbocycles. The Morgan fingerprint density at radius 1 is 1.53 bits per heavy atom. The van der Waals surface area contributed by atoms with Crippen LogP contribution in [0, 0.1) is 0 Å². The van der Waals surface area contributed by atoms with Crippen LogP contribution in [0.15, 0.2) is 29.4 Å². The van der Waals surface area contributed by atoms with Crippen molar-refractivity contribution in [1.82, 2.24) is 0 Å². The standard InChI is InChI=1S/C10H8ClNO3/c11-7-4-2-1-3-6(7)8-5-9(10(13)14)15-12-8/h1-4,9H,5H2,(H,13,14)/p-1/t9-/m0/s1. The zero-order chi connectivity index (χ0) is 10.8. The van der Waals surface area contributed by atoms with Crippen LogP contribution in [-0.4, -0.2) is 17.8 Å². The summed E-state index contributed by atoms with van der Waals surface area (Å²) >= 11 is 5.93. The van der Waals surface area contributed by atoms with Gasteiger partial charge in [0.2, 0.25) is 0 Å². The SMILES string of the molecule is O=C([O-])[C@@H]1CC(c2ccccc2Cl)=NO1. The van der Waals surface area contributed by atoms with Crippen molar-refractivity contribution in [3.8, 4) is 0 Å². The first kappa shape index (κ1) is 9.98. The Kier molecular flexibility index (Phi) is 2.60. The van der Waals surface area contributed by atoms with E-state index in [1.807, 2.05) is 0 Å². The zero-order valence-electron chi connectivity index (χ0n) is 7.64. The number of hydrogen-bond acceptors (Lipinski definition) is 4. The molecule has 1 aliphatic rings. The maximum atomic E-state index is 10.5. The van der Waals surface area contributed by atoms with Gasteiger partial charge in [-0.3, -0.25) is 0 Å². The van der Waals surface area contributed by atoms with Crippen molar-refractivity contribution in [2.75, 3.05) is 0 Å². The average Bonchev–Trinajstić information content (AvgIpc) is 2.67. The third kappa shape index (κ3) is 1.94. The molecule has 0 saturated heterocycles. The highest BCUT2D eigenvalue weighted by Crippen LogP contribution is 2.22. The minimum absolute atomic E-state index is 0.187. The smallest absolute Gasteiger partial charge is 0.172 e. The predicted octanol–water partition coefficient (Wildman–Crippen LogP) is 0.583. The van der Waals surface area contributed by atoms with Gasteiger partial charge in [0.25, 0.3) is 0 Å². The molecule has 5 heteroatoms. The average molecular weight is 225 g/mol. The van der Waals surface area contributed by atoms with Crippen molar-refractivity contribution in [1.29, 1.82) is 0 Å². The van der Waals surface area contributed by atoms with Crippen LogP contribution < -0.4 is 5.11 Å². The van der Waals surface area contributed by atoms with E-state index in [2.05, 4.69) is 5.16 Å². The second kappa shape index (κ2) is 3.90. The van der Waals surface area contributed by atoms with E-state index in [0.717, 1.165) is 0 Å². The molecule has 0 unspecified atom stereocenters. The van der Waals surface area contributed by atoms with Crippen LogP contribution in [0.4, 0.5) is 0 Å². The van der Waals surface area contributed by atoms with Crippen LogP contribution in [0.5, 0.6) is 0 Å². The van der Waals surface area contributed by atoms with Crippen molar-refractivity contribution >= 4 is 23.3 Å². The van der Waals surface area contributed by atoms with E-state index in [0.29, 0.717) is 16.3 Å². The molecule has 1 aliphatic heterocycles. The molecular formula is C10H7ClNO3-. The second-order valence-corrected chi connectivity index (χ2v) is 3.54. The van der Waals surface area contributed by atoms with Gasteiger partial charge in [-0.2, -0.15) is 0 Å². The molecule has 0 aromatic heterocycles. The van der Waals surface area contributed by atoms with E-state index in [-0.39, 0.29) is 6.42 Å². The summed E-state index contributed by atoms with van der Waals surface area (Å²) in [6.45, 7) is 0. The van der Waals surface area contributed by atoms with Crippen LogP contribution in [0.2, 0.25) is 5.02 Å². The topological polar surface area (TPSA) is 61.7 Å². The summed E-state index contributed by atoms with van der Waals surface area (Å²) in [6.07, 6.45) is -0.817. The van der Waals surface area contributed by atoms with Gasteiger partial charge < -0.3 is 14.7 Å². The number of carboxylic acids is 1. The van der Waals surface area contributed by atoms with Crippen molar-refractivity contribution in [3.63, 3.8) is 0 Å². The summed E-state index contributed by atoms with van der Waals surface area (Å²) in [5.74, 6) is -1.26. The van der Waals surface area contributed by atoms with E-state index in [1.165, 1.54) is 0 Å². The Labute approximate surface area is 91.1 Å². The zero-order valence-corrected chi connectivity index (χ0v) is 8.40. The Hall–Kier alpha value is -1.55. The third-order valence-electron chi connectivity index (χ3n) is 2.12. The third-order valence-corrected chi connectivity index (χ3v) is 2.45. The second-order valence-electron chi connectivity index (χ2n) is 3.14. The number of carboxylic acid groups (broad SMARTS) is 1. The fourth-order valence-corrected chi connectivity index (χ4v) is 1.60. The Bertz CT molecular complexity index is 430. The highest BCUT2D eigenvalue weighted by molar-refractivity contribution is 6.34. The first-order chi connectivity index (χ1) is 7.18. The fraction of sp³-hybridized carbons (Fsp3) is 0.200. The van der Waals surface area contributed by atoms with E-state index >= 15 is 0 Å². The lowest BCUT2D eigenvalue weighted by Gasteiger charge is -2.07. The Balaban J connectivity index is 2.21. The molecule has 78 valence electrons. The van der Waals surface area contributed by atoms with Gasteiger partial charge in [0.1, 0.15) is 0 Å². The first-order valence-corrected chi connectivity index (χ1v) is 4.74. The van der Waals surface area contributed by atoms with Gasteiger partial charge >= 0.3 is 0 Å². The molecule has 0 amide bonds. The van der Waals surface area contributed by atoms with E-state index in [1.54, 1.807) is 24.3 Å². The molecule has 1 aromatic rings. The summed E-state index contributed by atoms with van der Waals surface area (Å²) in [4.78, 5) is 15.2. The molecule has 1 heterocycles. The van der Waals surface area contributed by atoms with Gasteiger partial charge in [-0.1, -0.05) is 35.0 Å². The first-order valence-electron chi connectivity index (χ1n) is 4.37. The van der Waals surface area contributed by atoms with Crippen LogP contribution in [-0.2, 0) is 9.63 Å². The quantitative estimate of drug-likeness (QED) is 0.738. The number of carbonyl (C=O) groups excluding carboxylic acids is 1. The summed E-state index contributed by atoms with van der Waals surface area (Å²) in [6, 6.07) is 7.07. The van der Waals surface area contributed by atoms with Crippen molar-refractivity contribution in [3.05, 3.63) is 34.9 Å². The summed E-state index contributed by atoms with van der Waals surface area (Å²) in [5, 5.41) is 14.7. The molecule has 0 saturated carbocycles. The summed E-state index contributed by atoms with van der Waals surface area (Å²) in [5.41, 5.74) is 1.23. The van der Waals surface area contributed by atoms with Gasteiger partial charge in [-0.15, -0.1) is 0 Å². The lowest BCUT2D eigenvalue weighted by atomic mass is 10.1. The van der Waals surface area contributed by atoms with E-state index < -0.39 is 12.1 Å². The van der Waals surface area contributed by atoms with Crippen molar-refractivity contribution in [2.24, 2.45) is 5.16 Å². The molecule has 2 rings (SSSR count). The van der Waals surface area contributed by atoms with Crippen LogP contribution >= 0.6 is 11.6 Å². The normalized spacial score (nSPS) is 19.5. The summed E-state index contributed by atoms with van der Waals surface area (Å²) < 4.78 is 0. The lowest BCUT2D eigenvalue weighted by Crippen LogP contribution is -2.35. The number of nitrogens with zero attached hydrogens (tertiary/aromatic N) is 1. The number of aliphatic carboxylic acids is 1. The Morgan fingerprint density at radius 3 is 2.87 bits per heavy atom. The van der Waals surface area contributed by atoms with Gasteiger partial charge in [0, 0.05) is 17.0 Å². The van der Waals surface area contributed by atoms with Crippen molar-refractivity contribution in [2.45, 2.75) is 12.5 Å². The summed E-state index contributed by atoms with van der Waals surface area (Å²) in [7, 11) is 0. The minimum atomic E-state index is -1.26. The van der Waals surface area contributed by atoms with Crippen LogP contribution in [0.25, 0.3) is 0 Å². The van der Waals surface area contributed by atoms with Gasteiger partial charge in [-0.05, 0) is 6.07 Å². The largest absolute Gasteiger partial charge is 0.546 e. The Morgan fingerprint density at radius 2 is 2.27 bits per heavy atom. The highest BCUT2D eigenvalue weighted by Gasteiger charge is 2.24. The molecule has 0 fully saturated rings. The molecule has 4 nitrogen and oxygen atoms in total. The van der Waals surface area contributed by atoms with Crippen LogP contribution in [0.3, 0.4) is 0 Å². The lowest BCUT2D eigenvalue weighted by molar-refractivity contribution is -0.315.